The van der Waals surface area contributed by atoms with Crippen molar-refractivity contribution >= 4 is 52.1 Å². The molecule has 0 unspecified atom stereocenters. The van der Waals surface area contributed by atoms with E-state index in [1.54, 1.807) is 0 Å². The zero-order valence-corrected chi connectivity index (χ0v) is 27.7. The summed E-state index contributed by atoms with van der Waals surface area (Å²) in [6.07, 6.45) is 7.15. The first-order valence-electron chi connectivity index (χ1n) is 14.4. The summed E-state index contributed by atoms with van der Waals surface area (Å²) >= 11 is 11.4. The number of ether oxygens (including phenoxy) is 2. The van der Waals surface area contributed by atoms with Crippen molar-refractivity contribution in [3.05, 3.63) is 104 Å². The van der Waals surface area contributed by atoms with Crippen molar-refractivity contribution in [3.8, 4) is 16.9 Å². The Bertz CT molecular complexity index is 2110. The van der Waals surface area contributed by atoms with Crippen molar-refractivity contribution in [2.24, 2.45) is 7.05 Å². The van der Waals surface area contributed by atoms with Crippen LogP contribution in [0.5, 0.6) is 5.75 Å². The van der Waals surface area contributed by atoms with Gasteiger partial charge in [-0.1, -0.05) is 23.2 Å². The molecular formula is C32H26Cl2F4N6O6. The van der Waals surface area contributed by atoms with Crippen molar-refractivity contribution in [2.45, 2.75) is 19.3 Å². The fraction of sp³-hybridized carbons (Fsp3) is 0.219. The minimum absolute atomic E-state index is 0.0145. The van der Waals surface area contributed by atoms with E-state index in [0.29, 0.717) is 0 Å². The lowest BCUT2D eigenvalue weighted by atomic mass is 10.0. The summed E-state index contributed by atoms with van der Waals surface area (Å²) in [4.78, 5) is 51.3. The summed E-state index contributed by atoms with van der Waals surface area (Å²) in [5, 5.41) is 11.5. The molecule has 1 amide bonds. The van der Waals surface area contributed by atoms with E-state index in [1.807, 2.05) is 0 Å². The number of aryl methyl sites for hydroxylation is 1. The molecule has 5 aromatic rings. The maximum Gasteiger partial charge on any atom is 0.360 e. The van der Waals surface area contributed by atoms with Crippen molar-refractivity contribution in [3.63, 3.8) is 0 Å². The molecule has 262 valence electrons. The molecule has 1 aliphatic heterocycles. The number of nitrogens with zero attached hydrogens (tertiary/aromatic N) is 5. The second-order valence-electron chi connectivity index (χ2n) is 10.1. The summed E-state index contributed by atoms with van der Waals surface area (Å²) in [6.45, 7) is 2.00. The highest BCUT2D eigenvalue weighted by Crippen LogP contribution is 2.37. The summed E-state index contributed by atoms with van der Waals surface area (Å²) in [5.41, 5.74) is -2.15. The number of nitrogens with one attached hydrogen (secondary N) is 1. The molecular weight excluding hydrogens is 711 g/mol. The normalized spacial score (nSPS) is 12.0. The van der Waals surface area contributed by atoms with E-state index in [2.05, 4.69) is 30.0 Å². The predicted octanol–water partition coefficient (Wildman–Crippen LogP) is 5.81. The number of carbonyl (C=O) groups excluding carboxylic acids is 2. The Morgan fingerprint density at radius 2 is 1.46 bits per heavy atom. The molecule has 1 fully saturated rings. The first-order chi connectivity index (χ1) is 23.9. The molecule has 0 atom stereocenters. The van der Waals surface area contributed by atoms with Crippen LogP contribution in [0.25, 0.3) is 22.3 Å². The van der Waals surface area contributed by atoms with Crippen LogP contribution in [0, 0.1) is 23.3 Å². The lowest BCUT2D eigenvalue weighted by Gasteiger charge is -2.12. The Kier molecular flexibility index (Phi) is 12.8. The number of benzene rings is 2. The van der Waals surface area contributed by atoms with Crippen LogP contribution in [0.4, 0.5) is 23.4 Å². The van der Waals surface area contributed by atoms with Crippen LogP contribution in [0.3, 0.4) is 0 Å². The van der Waals surface area contributed by atoms with Gasteiger partial charge in [-0.05, 0) is 37.1 Å². The molecule has 3 aromatic heterocycles. The molecule has 0 aliphatic carbocycles. The third kappa shape index (κ3) is 8.50. The van der Waals surface area contributed by atoms with Crippen LogP contribution < -0.4 is 10.9 Å². The molecule has 0 saturated carbocycles. The monoisotopic (exact) mass is 736 g/mol. The van der Waals surface area contributed by atoms with Crippen molar-refractivity contribution in [1.29, 1.82) is 0 Å². The Labute approximate surface area is 290 Å². The van der Waals surface area contributed by atoms with Crippen LogP contribution in [-0.4, -0.2) is 61.8 Å². The third-order valence-electron chi connectivity index (χ3n) is 6.91. The highest BCUT2D eigenvalue weighted by molar-refractivity contribution is 6.33. The van der Waals surface area contributed by atoms with E-state index < -0.39 is 74.0 Å². The molecule has 4 heterocycles. The van der Waals surface area contributed by atoms with Gasteiger partial charge in [-0.3, -0.25) is 14.2 Å². The number of fused-ring (bicyclic) bond motifs is 1. The van der Waals surface area contributed by atoms with Crippen molar-refractivity contribution < 1.29 is 41.7 Å². The Hall–Kier alpha value is -5.19. The molecule has 2 aromatic carbocycles. The van der Waals surface area contributed by atoms with Gasteiger partial charge in [-0.15, -0.1) is 0 Å². The number of halogens is 6. The van der Waals surface area contributed by atoms with Crippen LogP contribution in [-0.2, 0) is 27.7 Å². The summed E-state index contributed by atoms with van der Waals surface area (Å²) in [5.74, 6) is -5.80. The number of hydrogen-bond donors (Lipinski definition) is 2. The molecule has 0 bridgehead atoms. The summed E-state index contributed by atoms with van der Waals surface area (Å²) in [7, 11) is 2.53. The van der Waals surface area contributed by atoms with Crippen LogP contribution in [0.1, 0.15) is 28.9 Å². The molecule has 1 saturated heterocycles. The zero-order chi connectivity index (χ0) is 36.5. The van der Waals surface area contributed by atoms with Crippen LogP contribution >= 0.6 is 23.2 Å². The van der Waals surface area contributed by atoms with Crippen LogP contribution in [0.2, 0.25) is 10.0 Å². The number of carbonyl (C=O) groups is 2. The topological polar surface area (TPSA) is 158 Å². The van der Waals surface area contributed by atoms with Gasteiger partial charge in [0.05, 0.1) is 29.1 Å². The fourth-order valence-electron chi connectivity index (χ4n) is 4.46. The minimum atomic E-state index is -0.929. The molecule has 18 heteroatoms. The largest absolute Gasteiger partial charge is 0.505 e. The molecule has 12 nitrogen and oxygen atoms in total. The Balaban J connectivity index is 0.000000197. The van der Waals surface area contributed by atoms with Gasteiger partial charge in [-0.2, -0.15) is 0 Å². The zero-order valence-electron chi connectivity index (χ0n) is 26.1. The highest BCUT2D eigenvalue weighted by atomic mass is 35.5. The van der Waals surface area contributed by atoms with Crippen molar-refractivity contribution in [2.75, 3.05) is 25.6 Å². The predicted molar refractivity (Wildman–Crippen MR) is 174 cm³/mol. The van der Waals surface area contributed by atoms with Gasteiger partial charge in [0.15, 0.2) is 22.9 Å². The summed E-state index contributed by atoms with van der Waals surface area (Å²) in [6, 6.07) is 3.39. The Morgan fingerprint density at radius 1 is 0.880 bits per heavy atom. The number of aromatic nitrogens is 5. The quantitative estimate of drug-likeness (QED) is 0.128. The van der Waals surface area contributed by atoms with E-state index in [-0.39, 0.29) is 28.2 Å². The first kappa shape index (κ1) is 37.6. The van der Waals surface area contributed by atoms with E-state index in [4.69, 9.17) is 27.9 Å². The van der Waals surface area contributed by atoms with E-state index in [1.165, 1.54) is 44.7 Å². The molecule has 6 rings (SSSR count). The van der Waals surface area contributed by atoms with Crippen molar-refractivity contribution in [1.82, 2.24) is 24.5 Å². The molecule has 50 heavy (non-hydrogen) atoms. The summed E-state index contributed by atoms with van der Waals surface area (Å²) < 4.78 is 65.2. The number of aromatic hydroxyl groups is 1. The minimum Gasteiger partial charge on any atom is -0.505 e. The van der Waals surface area contributed by atoms with Gasteiger partial charge >= 0.3 is 5.97 Å². The second-order valence-corrected chi connectivity index (χ2v) is 10.9. The van der Waals surface area contributed by atoms with Gasteiger partial charge in [0.1, 0.15) is 28.8 Å². The maximum atomic E-state index is 14.1. The van der Waals surface area contributed by atoms with E-state index in [0.717, 1.165) is 49.2 Å². The van der Waals surface area contributed by atoms with E-state index >= 15 is 0 Å². The molecule has 0 radical (unpaired) electrons. The molecule has 0 spiro atoms. The number of anilines is 1. The number of hydrogen-bond acceptors (Lipinski definition) is 10. The molecule has 2 N–H and O–H groups in total. The maximum absolute atomic E-state index is 14.1. The number of esters is 1. The third-order valence-corrected chi connectivity index (χ3v) is 7.69. The van der Waals surface area contributed by atoms with E-state index in [9.17, 15) is 37.1 Å². The van der Waals surface area contributed by atoms with Gasteiger partial charge < -0.3 is 19.9 Å². The highest BCUT2D eigenvalue weighted by Gasteiger charge is 2.24. The SMILES string of the molecule is C1CCOC1.COC(=O)c1nccnc1NC(=O)Cc1c(F)ccc(F)c1Cl.Cn1c(=O)c(-c2c(F)ccc(F)c2Cl)c(O)c2nccnc21. The van der Waals surface area contributed by atoms with Gasteiger partial charge in [0.2, 0.25) is 5.91 Å². The smallest absolute Gasteiger partial charge is 0.360 e. The number of amides is 1. The molecule has 1 aliphatic rings. The Morgan fingerprint density at radius 3 is 2.10 bits per heavy atom. The first-order valence-corrected chi connectivity index (χ1v) is 15.2. The van der Waals surface area contributed by atoms with Gasteiger partial charge in [0.25, 0.3) is 5.56 Å². The van der Waals surface area contributed by atoms with Gasteiger partial charge in [-0.25, -0.2) is 42.3 Å². The fourth-order valence-corrected chi connectivity index (χ4v) is 4.93. The second kappa shape index (κ2) is 17.0. The number of methoxy groups -OCH3 is 1. The standard InChI is InChI=1S/C14H10ClF2N3O3.C14H8ClF2N3O2.C4H8O/c1-23-14(22)12-13(19-5-4-18-12)20-10(21)6-7-8(16)2-3-9(17)11(7)15;1-20-13-11(18-4-5-19-13)12(21)9(14(20)22)8-6(16)2-3-7(17)10(8)15;1-2-4-5-3-1/h2-5H,6H2,1H3,(H,19,20,21);2-5,21H,1H3;1-4H2. The number of rotatable bonds is 5. The number of pyridine rings is 1. The lowest BCUT2D eigenvalue weighted by molar-refractivity contribution is -0.115. The average Bonchev–Trinajstić information content (AvgIpc) is 3.71. The van der Waals surface area contributed by atoms with Crippen LogP contribution in [0.15, 0.2) is 53.8 Å². The average molecular weight is 737 g/mol. The lowest BCUT2D eigenvalue weighted by Crippen LogP contribution is -2.21. The van der Waals surface area contributed by atoms with Gasteiger partial charge in [0, 0.05) is 56.2 Å².